The summed E-state index contributed by atoms with van der Waals surface area (Å²) in [6.07, 6.45) is 4.51. The second-order valence-electron chi connectivity index (χ2n) is 2.90. The lowest BCUT2D eigenvalue weighted by Crippen LogP contribution is -2.39. The number of hydrogen-bond donors (Lipinski definition) is 0. The molecule has 0 saturated carbocycles. The van der Waals surface area contributed by atoms with Crippen molar-refractivity contribution < 1.29 is 4.79 Å². The van der Waals surface area contributed by atoms with E-state index in [0.717, 1.165) is 19.3 Å². The Morgan fingerprint density at radius 3 is 3.18 bits per heavy atom. The second kappa shape index (κ2) is 3.60. The van der Waals surface area contributed by atoms with Crippen molar-refractivity contribution in [3.63, 3.8) is 0 Å². The smallest absolute Gasteiger partial charge is 0.230 e. The van der Waals surface area contributed by atoms with Crippen molar-refractivity contribution in [1.82, 2.24) is 4.81 Å². The van der Waals surface area contributed by atoms with E-state index in [9.17, 15) is 4.79 Å². The summed E-state index contributed by atoms with van der Waals surface area (Å²) in [6.45, 7) is 4.30. The summed E-state index contributed by atoms with van der Waals surface area (Å²) in [7, 11) is 5.45. The summed E-state index contributed by atoms with van der Waals surface area (Å²) < 4.78 is 0. The lowest BCUT2D eigenvalue weighted by molar-refractivity contribution is -0.132. The standard InChI is InChI=1S/C8H12BNO/c1-2-4-7-5-3-6-10(9)8(7)11/h2,7H,1,3-6H2. The summed E-state index contributed by atoms with van der Waals surface area (Å²) in [6, 6.07) is 0. The first-order chi connectivity index (χ1) is 5.25. The summed E-state index contributed by atoms with van der Waals surface area (Å²) in [4.78, 5) is 12.6. The highest BCUT2D eigenvalue weighted by Crippen LogP contribution is 2.19. The number of allylic oxidation sites excluding steroid dienone is 1. The van der Waals surface area contributed by atoms with Gasteiger partial charge in [0, 0.05) is 12.5 Å². The largest absolute Gasteiger partial charge is 0.396 e. The highest BCUT2D eigenvalue weighted by atomic mass is 16.2. The lowest BCUT2D eigenvalue weighted by Gasteiger charge is -2.29. The van der Waals surface area contributed by atoms with E-state index in [1.54, 1.807) is 6.08 Å². The van der Waals surface area contributed by atoms with E-state index in [1.165, 1.54) is 4.81 Å². The molecule has 3 heteroatoms. The molecule has 1 heterocycles. The molecule has 0 bridgehead atoms. The SMILES string of the molecule is [B]N1CCCC(CC=C)C1=O. The molecular weight excluding hydrogens is 137 g/mol. The highest BCUT2D eigenvalue weighted by Gasteiger charge is 2.23. The number of piperidine rings is 1. The Hall–Kier alpha value is -0.725. The number of carbonyl (C=O) groups is 1. The molecule has 2 radical (unpaired) electrons. The number of carbonyl (C=O) groups excluding carboxylic acids is 1. The Labute approximate surface area is 68.7 Å². The van der Waals surface area contributed by atoms with Crippen LogP contribution in [0.5, 0.6) is 0 Å². The van der Waals surface area contributed by atoms with Gasteiger partial charge in [-0.05, 0) is 19.3 Å². The van der Waals surface area contributed by atoms with E-state index >= 15 is 0 Å². The summed E-state index contributed by atoms with van der Waals surface area (Å²) in [5, 5.41) is 0. The molecule has 0 aromatic heterocycles. The van der Waals surface area contributed by atoms with Gasteiger partial charge in [0.15, 0.2) is 0 Å². The van der Waals surface area contributed by atoms with Gasteiger partial charge in [0.1, 0.15) is 0 Å². The molecule has 1 atom stereocenters. The molecule has 1 saturated heterocycles. The number of rotatable bonds is 2. The van der Waals surface area contributed by atoms with Gasteiger partial charge in [0.05, 0.1) is 0 Å². The van der Waals surface area contributed by atoms with Gasteiger partial charge in [-0.25, -0.2) is 0 Å². The van der Waals surface area contributed by atoms with Crippen LogP contribution in [0.3, 0.4) is 0 Å². The first-order valence-electron chi connectivity index (χ1n) is 3.92. The van der Waals surface area contributed by atoms with Gasteiger partial charge in [-0.15, -0.1) is 6.58 Å². The first kappa shape index (κ1) is 8.37. The van der Waals surface area contributed by atoms with Crippen LogP contribution < -0.4 is 0 Å². The van der Waals surface area contributed by atoms with E-state index in [1.807, 2.05) is 0 Å². The van der Waals surface area contributed by atoms with Crippen molar-refractivity contribution in [2.45, 2.75) is 19.3 Å². The minimum Gasteiger partial charge on any atom is -0.396 e. The quantitative estimate of drug-likeness (QED) is 0.421. The molecule has 11 heavy (non-hydrogen) atoms. The fourth-order valence-electron chi connectivity index (χ4n) is 1.40. The maximum Gasteiger partial charge on any atom is 0.230 e. The van der Waals surface area contributed by atoms with E-state index < -0.39 is 0 Å². The molecule has 0 aliphatic carbocycles. The molecule has 1 amide bonds. The first-order valence-corrected chi connectivity index (χ1v) is 3.92. The van der Waals surface area contributed by atoms with Gasteiger partial charge < -0.3 is 4.81 Å². The molecule has 1 aliphatic heterocycles. The number of nitrogens with zero attached hydrogens (tertiary/aromatic N) is 1. The fourth-order valence-corrected chi connectivity index (χ4v) is 1.40. The average molecular weight is 149 g/mol. The van der Waals surface area contributed by atoms with Crippen molar-refractivity contribution >= 4 is 13.9 Å². The zero-order valence-electron chi connectivity index (χ0n) is 6.62. The Balaban J connectivity index is 2.51. The highest BCUT2D eigenvalue weighted by molar-refractivity contribution is 6.14. The van der Waals surface area contributed by atoms with Crippen molar-refractivity contribution in [2.75, 3.05) is 6.54 Å². The summed E-state index contributed by atoms with van der Waals surface area (Å²) in [5.41, 5.74) is 0. The van der Waals surface area contributed by atoms with Crippen LogP contribution >= 0.6 is 0 Å². The van der Waals surface area contributed by atoms with Crippen molar-refractivity contribution in [2.24, 2.45) is 5.92 Å². The molecular formula is C8H12BNO. The zero-order valence-corrected chi connectivity index (χ0v) is 6.62. The van der Waals surface area contributed by atoms with Gasteiger partial charge in [0.2, 0.25) is 13.9 Å². The molecule has 1 aliphatic rings. The average Bonchev–Trinajstić information content (AvgIpc) is 1.99. The van der Waals surface area contributed by atoms with E-state index in [-0.39, 0.29) is 11.8 Å². The predicted molar refractivity (Wildman–Crippen MR) is 45.0 cm³/mol. The molecule has 1 unspecified atom stereocenters. The molecule has 1 rings (SSSR count). The molecule has 58 valence electrons. The molecule has 0 aromatic rings. The van der Waals surface area contributed by atoms with Gasteiger partial charge >= 0.3 is 0 Å². The minimum absolute atomic E-state index is 0.0659. The second-order valence-corrected chi connectivity index (χ2v) is 2.90. The van der Waals surface area contributed by atoms with Crippen LogP contribution in [0.25, 0.3) is 0 Å². The molecule has 0 aromatic carbocycles. The van der Waals surface area contributed by atoms with Crippen LogP contribution in [-0.4, -0.2) is 25.2 Å². The zero-order chi connectivity index (χ0) is 8.27. The monoisotopic (exact) mass is 149 g/mol. The van der Waals surface area contributed by atoms with Crippen LogP contribution in [0, 0.1) is 5.92 Å². The van der Waals surface area contributed by atoms with E-state index in [0.29, 0.717) is 6.54 Å². The summed E-state index contributed by atoms with van der Waals surface area (Å²) >= 11 is 0. The van der Waals surface area contributed by atoms with Crippen LogP contribution in [0.15, 0.2) is 12.7 Å². The van der Waals surface area contributed by atoms with Gasteiger partial charge in [-0.2, -0.15) is 0 Å². The van der Waals surface area contributed by atoms with E-state index in [2.05, 4.69) is 6.58 Å². The van der Waals surface area contributed by atoms with Crippen molar-refractivity contribution in [1.29, 1.82) is 0 Å². The molecule has 0 spiro atoms. The predicted octanol–water partition coefficient (Wildman–Crippen LogP) is 0.885. The molecule has 1 fully saturated rings. The maximum atomic E-state index is 11.3. The number of hydrogen-bond acceptors (Lipinski definition) is 1. The Morgan fingerprint density at radius 2 is 2.55 bits per heavy atom. The Bertz CT molecular complexity index is 169. The lowest BCUT2D eigenvalue weighted by atomic mass is 9.92. The van der Waals surface area contributed by atoms with E-state index in [4.69, 9.17) is 7.98 Å². The third-order valence-electron chi connectivity index (χ3n) is 2.04. The van der Waals surface area contributed by atoms with Crippen LogP contribution in [-0.2, 0) is 4.79 Å². The van der Waals surface area contributed by atoms with Gasteiger partial charge in [0.25, 0.3) is 0 Å². The van der Waals surface area contributed by atoms with Gasteiger partial charge in [-0.1, -0.05) is 6.08 Å². The Kier molecular flexibility index (Phi) is 2.74. The number of amides is 1. The van der Waals surface area contributed by atoms with Crippen molar-refractivity contribution in [3.8, 4) is 0 Å². The maximum absolute atomic E-state index is 11.3. The van der Waals surface area contributed by atoms with Crippen LogP contribution in [0.4, 0.5) is 0 Å². The molecule has 2 nitrogen and oxygen atoms in total. The normalized spacial score (nSPS) is 25.3. The van der Waals surface area contributed by atoms with Crippen LogP contribution in [0.2, 0.25) is 0 Å². The fraction of sp³-hybridized carbons (Fsp3) is 0.625. The summed E-state index contributed by atoms with van der Waals surface area (Å²) in [5.74, 6) is 0.155. The Morgan fingerprint density at radius 1 is 1.82 bits per heavy atom. The van der Waals surface area contributed by atoms with Crippen LogP contribution in [0.1, 0.15) is 19.3 Å². The third kappa shape index (κ3) is 1.85. The molecule has 0 N–H and O–H groups in total. The topological polar surface area (TPSA) is 20.3 Å². The van der Waals surface area contributed by atoms with Crippen molar-refractivity contribution in [3.05, 3.63) is 12.7 Å². The third-order valence-corrected chi connectivity index (χ3v) is 2.04. The minimum atomic E-state index is 0.0659. The van der Waals surface area contributed by atoms with Gasteiger partial charge in [-0.3, -0.25) is 4.79 Å².